The number of hydrogen-bond acceptors (Lipinski definition) is 10. The summed E-state index contributed by atoms with van der Waals surface area (Å²) >= 11 is 0. The summed E-state index contributed by atoms with van der Waals surface area (Å²) in [6.07, 6.45) is 1.62. The van der Waals surface area contributed by atoms with Crippen LogP contribution in [0.2, 0.25) is 0 Å². The summed E-state index contributed by atoms with van der Waals surface area (Å²) in [5.41, 5.74) is 9.49. The fourth-order valence-electron chi connectivity index (χ4n) is 4.14. The van der Waals surface area contributed by atoms with Crippen LogP contribution >= 0.6 is 0 Å². The monoisotopic (exact) mass is 696 g/mol. The van der Waals surface area contributed by atoms with Crippen LogP contribution in [0.25, 0.3) is 10.9 Å². The zero-order valence-electron chi connectivity index (χ0n) is 28.7. The molecular weight excluding hydrogens is 651 g/mol. The van der Waals surface area contributed by atoms with E-state index in [4.69, 9.17) is 29.8 Å². The molecule has 11 nitrogen and oxygen atoms in total. The third-order valence-electron chi connectivity index (χ3n) is 6.47. The summed E-state index contributed by atoms with van der Waals surface area (Å²) in [6.45, 7) is 4.99. The number of aromatic nitrogens is 1. The van der Waals surface area contributed by atoms with E-state index in [0.29, 0.717) is 65.9 Å². The molecule has 1 aromatic heterocycles. The molecule has 1 heterocycles. The van der Waals surface area contributed by atoms with Crippen LogP contribution in [0, 0.1) is 0 Å². The van der Waals surface area contributed by atoms with Crippen molar-refractivity contribution in [3.05, 3.63) is 124 Å². The summed E-state index contributed by atoms with van der Waals surface area (Å²) in [4.78, 5) is 35.5. The first-order valence-corrected chi connectivity index (χ1v) is 14.8. The molecular formula is C38H45N2NaO9. The number of benzene rings is 4. The normalized spacial score (nSPS) is 9.24. The number of pyridine rings is 1. The van der Waals surface area contributed by atoms with E-state index in [-0.39, 0.29) is 48.2 Å². The van der Waals surface area contributed by atoms with E-state index in [1.807, 2.05) is 60.7 Å². The Labute approximate surface area is 315 Å². The second kappa shape index (κ2) is 25.2. The fourth-order valence-corrected chi connectivity index (χ4v) is 4.14. The first-order valence-electron chi connectivity index (χ1n) is 14.8. The number of carbonyl (C=O) groups is 2. The molecule has 0 radical (unpaired) electrons. The number of nitrogens with two attached hydrogens (primary N) is 1. The Bertz CT molecular complexity index is 1770. The van der Waals surface area contributed by atoms with Gasteiger partial charge in [0.1, 0.15) is 13.2 Å². The van der Waals surface area contributed by atoms with Gasteiger partial charge in [-0.25, -0.2) is 0 Å². The van der Waals surface area contributed by atoms with E-state index in [2.05, 4.69) is 9.72 Å². The molecule has 0 aliphatic rings. The van der Waals surface area contributed by atoms with Gasteiger partial charge in [-0.2, -0.15) is 7.11 Å². The Morgan fingerprint density at radius 1 is 0.800 bits per heavy atom. The van der Waals surface area contributed by atoms with E-state index >= 15 is 0 Å². The Hall–Kier alpha value is -4.81. The van der Waals surface area contributed by atoms with Gasteiger partial charge in [-0.1, -0.05) is 68.1 Å². The largest absolute Gasteiger partial charge is 1.00 e. The molecule has 5 aromatic rings. The van der Waals surface area contributed by atoms with E-state index < -0.39 is 0 Å². The van der Waals surface area contributed by atoms with E-state index in [1.165, 1.54) is 20.1 Å². The van der Waals surface area contributed by atoms with Crippen LogP contribution in [0.5, 0.6) is 23.0 Å². The SMILES string of the molecule is C.CCOC=O.COc1cc(C(C)=O)c(N)cc1OCc1ccccc1.COc1cc2c(=O)cc[nH]c2cc1OCc1ccccc1.C[O-].[Na+]. The molecule has 0 bridgehead atoms. The molecule has 3 N–H and O–H groups in total. The number of ether oxygens (including phenoxy) is 5. The minimum absolute atomic E-state index is 0. The maximum Gasteiger partial charge on any atom is 1.00 e. The van der Waals surface area contributed by atoms with Crippen molar-refractivity contribution in [3.8, 4) is 23.0 Å². The van der Waals surface area contributed by atoms with E-state index in [9.17, 15) is 14.4 Å². The van der Waals surface area contributed by atoms with Crippen molar-refractivity contribution in [2.24, 2.45) is 0 Å². The standard InChI is InChI=1S/C17H15NO3.C16H17NO3.C3H6O2.CH3O.CH4.Na/c1-20-16-9-13-14(18-8-7-15(13)19)10-17(16)21-11-12-5-3-2-4-6-12;1-11(18)13-8-15(19-2)16(9-14(13)17)20-10-12-6-4-3-5-7-12;1-2-5-3-4;1-2;;/h2-10H,11H2,1H3,(H,18,19);3-9H,10,17H2,1-2H3;3H,2H2,1H3;1H3;1H4;/q;;;-1;;+1. The number of nitrogens with one attached hydrogen (secondary N) is 1. The molecule has 5 rings (SSSR count). The smallest absolute Gasteiger partial charge is 0.857 e. The molecule has 12 heteroatoms. The van der Waals surface area contributed by atoms with Gasteiger partial charge >= 0.3 is 29.6 Å². The molecule has 0 spiro atoms. The summed E-state index contributed by atoms with van der Waals surface area (Å²) in [5, 5.41) is 8.83. The molecule has 0 amide bonds. The quantitative estimate of drug-likeness (QED) is 0.0909. The molecule has 0 fully saturated rings. The van der Waals surface area contributed by atoms with Crippen LogP contribution in [0.1, 0.15) is 42.8 Å². The first kappa shape index (κ1) is 45.2. The van der Waals surface area contributed by atoms with Crippen LogP contribution in [0.15, 0.2) is 102 Å². The van der Waals surface area contributed by atoms with Crippen LogP contribution in [-0.4, -0.2) is 45.2 Å². The number of rotatable bonds is 11. The Kier molecular flexibility index (Phi) is 22.8. The molecule has 4 aromatic carbocycles. The van der Waals surface area contributed by atoms with Gasteiger partial charge in [0, 0.05) is 41.0 Å². The topological polar surface area (TPSA) is 162 Å². The van der Waals surface area contributed by atoms with Gasteiger partial charge in [0.15, 0.2) is 34.2 Å². The number of ketones is 1. The molecule has 0 atom stereocenters. The summed E-state index contributed by atoms with van der Waals surface area (Å²) < 4.78 is 26.2. The second-order valence-corrected chi connectivity index (χ2v) is 9.64. The number of aromatic amines is 1. The predicted octanol–water partition coefficient (Wildman–Crippen LogP) is 2.97. The second-order valence-electron chi connectivity index (χ2n) is 9.64. The van der Waals surface area contributed by atoms with Crippen LogP contribution in [-0.2, 0) is 22.7 Å². The number of fused-ring (bicyclic) bond motifs is 1. The number of anilines is 1. The fraction of sp³-hybridized carbons (Fsp3) is 0.237. The molecule has 0 saturated carbocycles. The van der Waals surface area contributed by atoms with Crippen molar-refractivity contribution >= 4 is 28.8 Å². The molecule has 50 heavy (non-hydrogen) atoms. The summed E-state index contributed by atoms with van der Waals surface area (Å²) in [5.74, 6) is 2.08. The van der Waals surface area contributed by atoms with Crippen molar-refractivity contribution in [1.82, 2.24) is 4.98 Å². The zero-order valence-corrected chi connectivity index (χ0v) is 30.7. The van der Waals surface area contributed by atoms with Crippen molar-refractivity contribution in [1.29, 1.82) is 0 Å². The van der Waals surface area contributed by atoms with Gasteiger partial charge in [-0.05, 0) is 37.1 Å². The Balaban J connectivity index is 0.000000785. The maximum absolute atomic E-state index is 11.8. The average Bonchev–Trinajstić information content (AvgIpc) is 3.12. The predicted molar refractivity (Wildman–Crippen MR) is 190 cm³/mol. The Morgan fingerprint density at radius 2 is 1.30 bits per heavy atom. The van der Waals surface area contributed by atoms with Crippen molar-refractivity contribution < 1.29 is 67.9 Å². The number of nitrogen functional groups attached to an aromatic ring is 1. The maximum atomic E-state index is 11.8. The van der Waals surface area contributed by atoms with Crippen molar-refractivity contribution in [2.75, 3.05) is 33.7 Å². The van der Waals surface area contributed by atoms with Gasteiger partial charge in [0.05, 0.1) is 26.3 Å². The van der Waals surface area contributed by atoms with Crippen LogP contribution in [0.3, 0.4) is 0 Å². The minimum Gasteiger partial charge on any atom is -0.857 e. The first-order chi connectivity index (χ1) is 23.3. The molecule has 0 aliphatic carbocycles. The number of carbonyl (C=O) groups excluding carboxylic acids is 2. The van der Waals surface area contributed by atoms with Gasteiger partial charge in [-0.3, -0.25) is 14.4 Å². The number of H-pyrrole nitrogens is 1. The number of Topliss-reactive ketones (excluding diaryl/α,β-unsaturated/α-hetero) is 1. The van der Waals surface area contributed by atoms with Gasteiger partial charge in [0.25, 0.3) is 6.47 Å². The molecule has 0 saturated heterocycles. The molecule has 0 unspecified atom stereocenters. The minimum atomic E-state index is -0.101. The summed E-state index contributed by atoms with van der Waals surface area (Å²) in [6, 6.07) is 27.9. The van der Waals surface area contributed by atoms with E-state index in [1.54, 1.807) is 44.5 Å². The molecule has 0 aliphatic heterocycles. The summed E-state index contributed by atoms with van der Waals surface area (Å²) in [7, 11) is 3.85. The Morgan fingerprint density at radius 3 is 1.74 bits per heavy atom. The number of methoxy groups -OCH3 is 2. The average molecular weight is 697 g/mol. The molecule has 262 valence electrons. The van der Waals surface area contributed by atoms with Gasteiger partial charge < -0.3 is 39.5 Å². The van der Waals surface area contributed by atoms with E-state index in [0.717, 1.165) is 23.8 Å². The van der Waals surface area contributed by atoms with Crippen molar-refractivity contribution in [3.63, 3.8) is 0 Å². The number of hydrogen-bond donors (Lipinski definition) is 2. The van der Waals surface area contributed by atoms with Crippen LogP contribution < -0.4 is 64.8 Å². The van der Waals surface area contributed by atoms with Gasteiger partial charge in [0.2, 0.25) is 0 Å². The third-order valence-corrected chi connectivity index (χ3v) is 6.47. The van der Waals surface area contributed by atoms with Crippen LogP contribution in [0.4, 0.5) is 5.69 Å². The van der Waals surface area contributed by atoms with Gasteiger partial charge in [-0.15, -0.1) is 0 Å². The zero-order chi connectivity index (χ0) is 35.3. The van der Waals surface area contributed by atoms with Crippen molar-refractivity contribution in [2.45, 2.75) is 34.5 Å². The third kappa shape index (κ3) is 14.4.